The SMILES string of the molecule is C/C=C/C[C@@H](C)[C@@H](O)[C@H]1C(=O)N[C@@H](CC)C(=O)N(C)[C@H](CCCN(C)C)C(=O)N[C@@H]([C@H](C)COC)C(=O)N[C@@H](C(C)C)C(=O)N(C)[C@@H](CC(C)C)C(=O)N[C@@H](C)C(=O)N[C@H](C)C(=O)N(C)[C@@H](CC(C)C)C(=O)N(C)[C@@H](CC(C)C)C(=O)N(C)[C@@H](C(C)C)C(=O)N1C. The molecule has 0 spiro atoms. The molecule has 91 heavy (non-hydrogen) atoms. The summed E-state index contributed by atoms with van der Waals surface area (Å²) in [7, 11) is 13.7. The summed E-state index contributed by atoms with van der Waals surface area (Å²) in [4.78, 5) is 172. The van der Waals surface area contributed by atoms with Crippen LogP contribution in [-0.4, -0.2) is 254 Å². The van der Waals surface area contributed by atoms with Gasteiger partial charge in [0.25, 0.3) is 0 Å². The van der Waals surface area contributed by atoms with Gasteiger partial charge in [0.05, 0.1) is 12.7 Å². The zero-order valence-electron chi connectivity index (χ0n) is 60.0. The van der Waals surface area contributed by atoms with Crippen LogP contribution < -0.4 is 26.6 Å². The zero-order chi connectivity index (χ0) is 70.4. The molecule has 0 aliphatic carbocycles. The highest BCUT2D eigenvalue weighted by Gasteiger charge is 2.46. The quantitative estimate of drug-likeness (QED) is 0.0957. The number of hydrogen-bond acceptors (Lipinski definition) is 14. The number of carbonyl (C=O) groups excluding carboxylic acids is 11. The average molecular weight is 1290 g/mol. The fraction of sp³-hybridized carbons (Fsp3) is 0.803. The van der Waals surface area contributed by atoms with E-state index in [2.05, 4.69) is 26.6 Å². The van der Waals surface area contributed by atoms with Gasteiger partial charge < -0.3 is 70.7 Å². The van der Waals surface area contributed by atoms with Crippen LogP contribution in [-0.2, 0) is 57.5 Å². The monoisotopic (exact) mass is 1290 g/mol. The van der Waals surface area contributed by atoms with Gasteiger partial charge in [-0.2, -0.15) is 0 Å². The van der Waals surface area contributed by atoms with E-state index >= 15 is 19.2 Å². The summed E-state index contributed by atoms with van der Waals surface area (Å²) in [6, 6.07) is -14.0. The van der Waals surface area contributed by atoms with E-state index in [0.29, 0.717) is 19.4 Å². The van der Waals surface area contributed by atoms with E-state index in [0.717, 1.165) is 4.90 Å². The van der Waals surface area contributed by atoms with Crippen molar-refractivity contribution in [1.82, 2.24) is 60.9 Å². The molecule has 1 aliphatic rings. The maximum atomic E-state index is 15.3. The third kappa shape index (κ3) is 24.0. The Bertz CT molecular complexity index is 2460. The van der Waals surface area contributed by atoms with Crippen molar-refractivity contribution in [2.75, 3.05) is 76.6 Å². The fourth-order valence-electron chi connectivity index (χ4n) is 11.5. The van der Waals surface area contributed by atoms with E-state index in [1.165, 1.54) is 87.7 Å². The predicted molar refractivity (Wildman–Crippen MR) is 352 cm³/mol. The molecule has 0 bridgehead atoms. The van der Waals surface area contributed by atoms with Crippen LogP contribution in [0.25, 0.3) is 0 Å². The van der Waals surface area contributed by atoms with Crippen LogP contribution in [0.3, 0.4) is 0 Å². The molecule has 25 nitrogen and oxygen atoms in total. The van der Waals surface area contributed by atoms with Gasteiger partial charge in [-0.1, -0.05) is 102 Å². The lowest BCUT2D eigenvalue weighted by Gasteiger charge is -2.41. The van der Waals surface area contributed by atoms with Gasteiger partial charge in [-0.3, -0.25) is 52.7 Å². The van der Waals surface area contributed by atoms with E-state index in [4.69, 9.17) is 4.74 Å². The molecule has 11 amide bonds. The number of hydrogen-bond donors (Lipinski definition) is 6. The number of ether oxygens (including phenoxy) is 1. The van der Waals surface area contributed by atoms with Crippen molar-refractivity contribution in [3.8, 4) is 0 Å². The highest BCUT2D eigenvalue weighted by molar-refractivity contribution is 6.00. The Kier molecular flexibility index (Phi) is 35.2. The van der Waals surface area contributed by atoms with Crippen molar-refractivity contribution in [3.05, 3.63) is 12.2 Å². The van der Waals surface area contributed by atoms with Gasteiger partial charge in [0.1, 0.15) is 66.5 Å². The Hall–Kier alpha value is -6.21. The minimum Gasteiger partial charge on any atom is -0.390 e. The first-order valence-electron chi connectivity index (χ1n) is 32.7. The Morgan fingerprint density at radius 2 is 0.956 bits per heavy atom. The molecule has 0 saturated carbocycles. The number of nitrogens with zero attached hydrogens (tertiary/aromatic N) is 7. The Morgan fingerprint density at radius 1 is 0.505 bits per heavy atom. The van der Waals surface area contributed by atoms with E-state index in [1.54, 1.807) is 61.5 Å². The second-order valence-corrected chi connectivity index (χ2v) is 27.6. The number of amides is 11. The number of nitrogens with one attached hydrogen (secondary N) is 5. The predicted octanol–water partition coefficient (Wildman–Crippen LogP) is 2.87. The Morgan fingerprint density at radius 3 is 1.43 bits per heavy atom. The minimum atomic E-state index is -1.64. The maximum Gasteiger partial charge on any atom is 0.246 e. The Labute approximate surface area is 545 Å². The number of likely N-dealkylation sites (N-methyl/N-ethyl adjacent to an activating group) is 6. The molecule has 522 valence electrons. The first-order valence-corrected chi connectivity index (χ1v) is 32.7. The van der Waals surface area contributed by atoms with Crippen LogP contribution in [0.1, 0.15) is 156 Å². The van der Waals surface area contributed by atoms with Gasteiger partial charge in [0, 0.05) is 55.3 Å². The van der Waals surface area contributed by atoms with Gasteiger partial charge >= 0.3 is 0 Å². The van der Waals surface area contributed by atoms with E-state index < -0.39 is 161 Å². The van der Waals surface area contributed by atoms with Crippen LogP contribution in [0, 0.1) is 41.4 Å². The van der Waals surface area contributed by atoms with Crippen molar-refractivity contribution in [2.45, 2.75) is 228 Å². The third-order valence-electron chi connectivity index (χ3n) is 17.2. The van der Waals surface area contributed by atoms with E-state index in [-0.39, 0.29) is 56.5 Å². The normalized spacial score (nSPS) is 27.0. The van der Waals surface area contributed by atoms with Gasteiger partial charge in [-0.15, -0.1) is 0 Å². The molecule has 1 heterocycles. The van der Waals surface area contributed by atoms with Crippen LogP contribution in [0.5, 0.6) is 0 Å². The molecule has 0 aromatic heterocycles. The van der Waals surface area contributed by atoms with Crippen molar-refractivity contribution in [3.63, 3.8) is 0 Å². The topological polar surface area (TPSA) is 300 Å². The highest BCUT2D eigenvalue weighted by atomic mass is 16.5. The summed E-state index contributed by atoms with van der Waals surface area (Å²) in [5.74, 6) is -10.7. The molecule has 1 rings (SSSR count). The molecule has 1 fully saturated rings. The van der Waals surface area contributed by atoms with Crippen molar-refractivity contribution >= 4 is 65.0 Å². The second kappa shape index (κ2) is 38.7. The number of aliphatic hydroxyl groups excluding tert-OH is 1. The average Bonchev–Trinajstić information content (AvgIpc) is 1.10. The van der Waals surface area contributed by atoms with Gasteiger partial charge in [-0.05, 0) is 122 Å². The fourth-order valence-corrected chi connectivity index (χ4v) is 11.5. The van der Waals surface area contributed by atoms with Gasteiger partial charge in [0.2, 0.25) is 65.0 Å². The molecular formula is C66H120N12O13. The number of aliphatic hydroxyl groups is 1. The van der Waals surface area contributed by atoms with E-state index in [1.807, 2.05) is 66.6 Å². The molecule has 0 aromatic rings. The van der Waals surface area contributed by atoms with Crippen molar-refractivity contribution in [2.24, 2.45) is 41.4 Å². The molecule has 6 N–H and O–H groups in total. The Balaban J connectivity index is 4.50. The molecule has 0 aromatic carbocycles. The third-order valence-corrected chi connectivity index (χ3v) is 17.2. The lowest BCUT2D eigenvalue weighted by Crippen LogP contribution is -2.64. The minimum absolute atomic E-state index is 0.00537. The molecule has 0 unspecified atom stereocenters. The summed E-state index contributed by atoms with van der Waals surface area (Å²) in [5, 5.41) is 26.2. The number of carbonyl (C=O) groups is 11. The number of methoxy groups -OCH3 is 1. The summed E-state index contributed by atoms with van der Waals surface area (Å²) in [5.41, 5.74) is 0. The van der Waals surface area contributed by atoms with Crippen molar-refractivity contribution in [1.29, 1.82) is 0 Å². The zero-order valence-corrected chi connectivity index (χ0v) is 60.0. The van der Waals surface area contributed by atoms with Crippen LogP contribution in [0.15, 0.2) is 12.2 Å². The summed E-state index contributed by atoms with van der Waals surface area (Å²) in [6.07, 6.45) is 3.28. The largest absolute Gasteiger partial charge is 0.390 e. The summed E-state index contributed by atoms with van der Waals surface area (Å²) >= 11 is 0. The molecule has 1 saturated heterocycles. The smallest absolute Gasteiger partial charge is 0.246 e. The molecular weight excluding hydrogens is 1170 g/mol. The molecule has 1 aliphatic heterocycles. The lowest BCUT2D eigenvalue weighted by atomic mass is 9.91. The van der Waals surface area contributed by atoms with Crippen molar-refractivity contribution < 1.29 is 62.6 Å². The van der Waals surface area contributed by atoms with Crippen LogP contribution in [0.4, 0.5) is 0 Å². The maximum absolute atomic E-state index is 15.3. The molecule has 0 radical (unpaired) electrons. The van der Waals surface area contributed by atoms with Gasteiger partial charge in [0.15, 0.2) is 0 Å². The first-order chi connectivity index (χ1) is 42.2. The molecule has 25 heteroatoms. The first kappa shape index (κ1) is 82.8. The number of allylic oxidation sites excluding steroid dienone is 2. The highest BCUT2D eigenvalue weighted by Crippen LogP contribution is 2.26. The van der Waals surface area contributed by atoms with Crippen LogP contribution >= 0.6 is 0 Å². The standard InChI is InChI=1S/C66H120N12O13/c1-26-28-30-42(13)55(79)54-60(84)69-46(27-2)62(86)73(19)47(31-29-32-72(17)18)57(81)71-52(43(14)36-91-25)59(83)70-51(40(9)10)65(89)74(20)48(33-37(3)4)58(82)67-44(15)56(80)68-45(16)61(85)75(21)49(34-38(5)6)63(87)76(22)50(35-39(7)8)64(88)77(23)53(41(11)12)66(90)78(54)24/h26,28,37-55,79H,27,29-36H2,1-25H3,(H,67,82)(H,68,80)(H,69,84)(H,70,83)(H,71,81)/b28-26+/t42-,43-,44+,45-,46+,47-,48+,49+,50+,51+,52+,53+,54+,55-/m1/s1. The van der Waals surface area contributed by atoms with Gasteiger partial charge in [-0.25, -0.2) is 0 Å². The number of rotatable bonds is 20. The van der Waals surface area contributed by atoms with E-state index in [9.17, 15) is 38.7 Å². The summed E-state index contributed by atoms with van der Waals surface area (Å²) in [6.45, 7) is 28.3. The lowest BCUT2D eigenvalue weighted by molar-refractivity contribution is -0.157. The summed E-state index contributed by atoms with van der Waals surface area (Å²) < 4.78 is 5.48. The van der Waals surface area contributed by atoms with Crippen LogP contribution in [0.2, 0.25) is 0 Å². The molecule has 14 atom stereocenters. The second-order valence-electron chi connectivity index (χ2n) is 27.6.